The van der Waals surface area contributed by atoms with Crippen molar-refractivity contribution < 1.29 is 9.18 Å². The third-order valence-electron chi connectivity index (χ3n) is 4.89. The molecular formula is C17H23ClFN3O. The first kappa shape index (κ1) is 16.5. The van der Waals surface area contributed by atoms with Gasteiger partial charge in [0.2, 0.25) is 0 Å². The monoisotopic (exact) mass is 339 g/mol. The zero-order valence-corrected chi connectivity index (χ0v) is 13.9. The molecule has 2 amide bonds. The fourth-order valence-electron chi connectivity index (χ4n) is 3.61. The number of nitrogens with one attached hydrogen (secondary N) is 2. The van der Waals surface area contributed by atoms with Crippen molar-refractivity contribution in [1.29, 1.82) is 0 Å². The minimum absolute atomic E-state index is 0.187. The van der Waals surface area contributed by atoms with Crippen LogP contribution in [0.5, 0.6) is 0 Å². The van der Waals surface area contributed by atoms with Crippen LogP contribution in [0.3, 0.4) is 0 Å². The van der Waals surface area contributed by atoms with Crippen molar-refractivity contribution in [2.24, 2.45) is 0 Å². The summed E-state index contributed by atoms with van der Waals surface area (Å²) in [6.07, 6.45) is 7.29. The second-order valence-corrected chi connectivity index (χ2v) is 6.88. The quantitative estimate of drug-likeness (QED) is 0.874. The third-order valence-corrected chi connectivity index (χ3v) is 5.20. The number of nitrogens with zero attached hydrogens (tertiary/aromatic N) is 1. The van der Waals surface area contributed by atoms with Crippen molar-refractivity contribution in [3.63, 3.8) is 0 Å². The lowest BCUT2D eigenvalue weighted by atomic mass is 10.0. The molecule has 3 rings (SSSR count). The van der Waals surface area contributed by atoms with Crippen LogP contribution < -0.4 is 10.6 Å². The molecule has 1 aromatic carbocycles. The number of rotatable bonds is 3. The Hall–Kier alpha value is -1.33. The zero-order valence-electron chi connectivity index (χ0n) is 13.2. The standard InChI is InChI=1S/C17H23ClFN3O/c18-15-11-12(19)5-6-16(15)21-17(23)20-13-7-9-22(10-8-13)14-3-1-2-4-14/h5-6,11,13-14H,1-4,7-10H2,(H2,20,21,23). The average Bonchev–Trinajstić information content (AvgIpc) is 3.05. The van der Waals surface area contributed by atoms with E-state index in [0.717, 1.165) is 32.0 Å². The summed E-state index contributed by atoms with van der Waals surface area (Å²) in [5.41, 5.74) is 0.425. The van der Waals surface area contributed by atoms with Gasteiger partial charge in [-0.2, -0.15) is 0 Å². The molecule has 4 nitrogen and oxygen atoms in total. The lowest BCUT2D eigenvalue weighted by Gasteiger charge is -2.36. The van der Waals surface area contributed by atoms with E-state index < -0.39 is 5.82 Å². The molecule has 1 aromatic rings. The highest BCUT2D eigenvalue weighted by atomic mass is 35.5. The van der Waals surface area contributed by atoms with E-state index in [1.54, 1.807) is 0 Å². The number of hydrogen-bond acceptors (Lipinski definition) is 2. The van der Waals surface area contributed by atoms with Crippen LogP contribution in [0.1, 0.15) is 38.5 Å². The predicted octanol–water partition coefficient (Wildman–Crippen LogP) is 4.01. The van der Waals surface area contributed by atoms with Gasteiger partial charge in [0.1, 0.15) is 5.82 Å². The van der Waals surface area contributed by atoms with Crippen molar-refractivity contribution in [3.05, 3.63) is 29.0 Å². The van der Waals surface area contributed by atoms with Gasteiger partial charge >= 0.3 is 6.03 Å². The number of carbonyl (C=O) groups excluding carboxylic acids is 1. The van der Waals surface area contributed by atoms with Crippen LogP contribution in [0.15, 0.2) is 18.2 Å². The summed E-state index contributed by atoms with van der Waals surface area (Å²) in [5, 5.41) is 5.88. The summed E-state index contributed by atoms with van der Waals surface area (Å²) in [6.45, 7) is 2.10. The lowest BCUT2D eigenvalue weighted by molar-refractivity contribution is 0.147. The largest absolute Gasteiger partial charge is 0.335 e. The van der Waals surface area contributed by atoms with E-state index in [2.05, 4.69) is 15.5 Å². The van der Waals surface area contributed by atoms with Gasteiger partial charge in [-0.15, -0.1) is 0 Å². The average molecular weight is 340 g/mol. The van der Waals surface area contributed by atoms with E-state index >= 15 is 0 Å². The van der Waals surface area contributed by atoms with Crippen molar-refractivity contribution in [2.45, 2.75) is 50.6 Å². The summed E-state index contributed by atoms with van der Waals surface area (Å²) in [6, 6.07) is 4.60. The molecule has 1 saturated heterocycles. The Morgan fingerprint density at radius 2 is 1.87 bits per heavy atom. The molecule has 0 unspecified atom stereocenters. The van der Waals surface area contributed by atoms with Crippen molar-refractivity contribution in [3.8, 4) is 0 Å². The Balaban J connectivity index is 1.45. The number of urea groups is 1. The molecule has 2 N–H and O–H groups in total. The molecule has 2 aliphatic rings. The SMILES string of the molecule is O=C(Nc1ccc(F)cc1Cl)NC1CCN(C2CCCC2)CC1. The number of amides is 2. The highest BCUT2D eigenvalue weighted by Crippen LogP contribution is 2.26. The van der Waals surface area contributed by atoms with Crippen LogP contribution in [0.4, 0.5) is 14.9 Å². The third kappa shape index (κ3) is 4.36. The predicted molar refractivity (Wildman–Crippen MR) is 90.4 cm³/mol. The van der Waals surface area contributed by atoms with Gasteiger partial charge in [0, 0.05) is 25.2 Å². The molecular weight excluding hydrogens is 317 g/mol. The Bertz CT molecular complexity index is 555. The lowest BCUT2D eigenvalue weighted by Crippen LogP contribution is -2.48. The summed E-state index contributed by atoms with van der Waals surface area (Å²) >= 11 is 5.92. The number of piperidine rings is 1. The maximum atomic E-state index is 13.0. The summed E-state index contributed by atoms with van der Waals surface area (Å²) in [5.74, 6) is -0.416. The van der Waals surface area contributed by atoms with Crippen molar-refractivity contribution >= 4 is 23.3 Å². The molecule has 0 atom stereocenters. The van der Waals surface area contributed by atoms with E-state index in [1.165, 1.54) is 43.9 Å². The first-order valence-electron chi connectivity index (χ1n) is 8.38. The molecule has 0 spiro atoms. The molecule has 0 bridgehead atoms. The maximum Gasteiger partial charge on any atom is 0.319 e. The smallest absolute Gasteiger partial charge is 0.319 e. The fraction of sp³-hybridized carbons (Fsp3) is 0.588. The minimum Gasteiger partial charge on any atom is -0.335 e. The van der Waals surface area contributed by atoms with Gasteiger partial charge in [0.15, 0.2) is 0 Å². The Kier molecular flexibility index (Phi) is 5.38. The summed E-state index contributed by atoms with van der Waals surface area (Å²) < 4.78 is 13.0. The van der Waals surface area contributed by atoms with Gasteiger partial charge in [-0.25, -0.2) is 9.18 Å². The van der Waals surface area contributed by atoms with E-state index in [-0.39, 0.29) is 17.1 Å². The van der Waals surface area contributed by atoms with E-state index in [9.17, 15) is 9.18 Å². The normalized spacial score (nSPS) is 20.6. The Labute approximate surface area is 141 Å². The number of carbonyl (C=O) groups is 1. The van der Waals surface area contributed by atoms with Crippen LogP contribution in [-0.2, 0) is 0 Å². The topological polar surface area (TPSA) is 44.4 Å². The van der Waals surface area contributed by atoms with Crippen LogP contribution in [0.2, 0.25) is 5.02 Å². The number of hydrogen-bond donors (Lipinski definition) is 2. The van der Waals surface area contributed by atoms with Gasteiger partial charge in [0.25, 0.3) is 0 Å². The van der Waals surface area contributed by atoms with Crippen molar-refractivity contribution in [1.82, 2.24) is 10.2 Å². The number of halogens is 2. The van der Waals surface area contributed by atoms with E-state index in [0.29, 0.717) is 5.69 Å². The number of benzene rings is 1. The zero-order chi connectivity index (χ0) is 16.2. The van der Waals surface area contributed by atoms with E-state index in [4.69, 9.17) is 11.6 Å². The molecule has 2 fully saturated rings. The molecule has 1 aliphatic heterocycles. The molecule has 126 valence electrons. The highest BCUT2D eigenvalue weighted by molar-refractivity contribution is 6.33. The second-order valence-electron chi connectivity index (χ2n) is 6.47. The van der Waals surface area contributed by atoms with Gasteiger partial charge in [-0.3, -0.25) is 0 Å². The number of likely N-dealkylation sites (tertiary alicyclic amines) is 1. The molecule has 1 heterocycles. The van der Waals surface area contributed by atoms with Crippen molar-refractivity contribution in [2.75, 3.05) is 18.4 Å². The van der Waals surface area contributed by atoms with Crippen LogP contribution in [-0.4, -0.2) is 36.1 Å². The molecule has 23 heavy (non-hydrogen) atoms. The fourth-order valence-corrected chi connectivity index (χ4v) is 3.83. The molecule has 0 radical (unpaired) electrons. The second kappa shape index (κ2) is 7.49. The van der Waals surface area contributed by atoms with E-state index in [1.807, 2.05) is 0 Å². The molecule has 1 aliphatic carbocycles. The summed E-state index contributed by atoms with van der Waals surface area (Å²) in [7, 11) is 0. The maximum absolute atomic E-state index is 13.0. The van der Waals surface area contributed by atoms with Crippen LogP contribution in [0.25, 0.3) is 0 Å². The van der Waals surface area contributed by atoms with Gasteiger partial charge in [-0.1, -0.05) is 24.4 Å². The number of anilines is 1. The first-order chi connectivity index (χ1) is 11.1. The molecule has 1 saturated carbocycles. The minimum atomic E-state index is -0.416. The van der Waals surface area contributed by atoms with Crippen LogP contribution in [0, 0.1) is 5.82 Å². The highest BCUT2D eigenvalue weighted by Gasteiger charge is 2.27. The molecule has 6 heteroatoms. The van der Waals surface area contributed by atoms with Gasteiger partial charge < -0.3 is 15.5 Å². The molecule has 0 aromatic heterocycles. The first-order valence-corrected chi connectivity index (χ1v) is 8.76. The Morgan fingerprint density at radius 1 is 1.17 bits per heavy atom. The summed E-state index contributed by atoms with van der Waals surface area (Å²) in [4.78, 5) is 14.6. The Morgan fingerprint density at radius 3 is 2.52 bits per heavy atom. The van der Waals surface area contributed by atoms with Crippen LogP contribution >= 0.6 is 11.6 Å². The van der Waals surface area contributed by atoms with Gasteiger partial charge in [-0.05, 0) is 43.9 Å². The van der Waals surface area contributed by atoms with Gasteiger partial charge in [0.05, 0.1) is 10.7 Å².